The lowest BCUT2D eigenvalue weighted by molar-refractivity contribution is -0.146. The zero-order valence-corrected chi connectivity index (χ0v) is 13.7. The third-order valence-corrected chi connectivity index (χ3v) is 3.65. The summed E-state index contributed by atoms with van der Waals surface area (Å²) in [5.74, 6) is -4.16. The van der Waals surface area contributed by atoms with Gasteiger partial charge >= 0.3 is 5.97 Å². The monoisotopic (exact) mass is 324 g/mol. The molecule has 1 aromatic rings. The first-order chi connectivity index (χ1) is 11.0. The van der Waals surface area contributed by atoms with Crippen molar-refractivity contribution >= 4 is 18.2 Å². The second-order valence-electron chi connectivity index (χ2n) is 5.56. The SMILES string of the molecule is [2H]C(C)(C(=O)NC(Cc1ccc(C)cc1)C(=O)OC)C(C)(F)C=O. The van der Waals surface area contributed by atoms with Gasteiger partial charge in [0.2, 0.25) is 5.91 Å². The molecule has 1 N–H and O–H groups in total. The van der Waals surface area contributed by atoms with Gasteiger partial charge in [-0.3, -0.25) is 9.59 Å². The number of aryl methyl sites for hydroxylation is 1. The van der Waals surface area contributed by atoms with Crippen LogP contribution in [0, 0.1) is 12.8 Å². The highest BCUT2D eigenvalue weighted by Crippen LogP contribution is 2.20. The van der Waals surface area contributed by atoms with Crippen LogP contribution in [0.1, 0.15) is 26.3 Å². The summed E-state index contributed by atoms with van der Waals surface area (Å²) in [6, 6.07) is 6.21. The van der Waals surface area contributed by atoms with Gasteiger partial charge in [0, 0.05) is 7.79 Å². The van der Waals surface area contributed by atoms with Gasteiger partial charge in [0.15, 0.2) is 12.0 Å². The predicted molar refractivity (Wildman–Crippen MR) is 83.6 cm³/mol. The van der Waals surface area contributed by atoms with Gasteiger partial charge in [-0.05, 0) is 19.4 Å². The lowest BCUT2D eigenvalue weighted by atomic mass is 9.92. The van der Waals surface area contributed by atoms with E-state index in [-0.39, 0.29) is 12.7 Å². The number of halogens is 1. The van der Waals surface area contributed by atoms with Crippen LogP contribution in [-0.2, 0) is 25.5 Å². The largest absolute Gasteiger partial charge is 0.467 e. The van der Waals surface area contributed by atoms with Crippen LogP contribution >= 0.6 is 0 Å². The third kappa shape index (κ3) is 5.16. The van der Waals surface area contributed by atoms with Crippen LogP contribution in [0.4, 0.5) is 4.39 Å². The van der Waals surface area contributed by atoms with Crippen molar-refractivity contribution in [3.8, 4) is 0 Å². The number of carbonyl (C=O) groups is 3. The first kappa shape index (κ1) is 17.1. The molecule has 0 fully saturated rings. The average molecular weight is 324 g/mol. The quantitative estimate of drug-likeness (QED) is 0.613. The number of benzene rings is 1. The van der Waals surface area contributed by atoms with Gasteiger partial charge in [0.25, 0.3) is 0 Å². The van der Waals surface area contributed by atoms with Crippen molar-refractivity contribution in [2.24, 2.45) is 5.89 Å². The van der Waals surface area contributed by atoms with Crippen molar-refractivity contribution < 1.29 is 24.9 Å². The first-order valence-corrected chi connectivity index (χ1v) is 7.14. The molecule has 1 aromatic carbocycles. The smallest absolute Gasteiger partial charge is 0.328 e. The normalized spacial score (nSPS) is 17.9. The van der Waals surface area contributed by atoms with E-state index in [1.54, 1.807) is 12.1 Å². The van der Waals surface area contributed by atoms with E-state index in [4.69, 9.17) is 1.37 Å². The van der Waals surface area contributed by atoms with E-state index >= 15 is 0 Å². The molecule has 0 spiro atoms. The fraction of sp³-hybridized carbons (Fsp3) is 0.471. The molecule has 0 aliphatic rings. The molecular weight excluding hydrogens is 301 g/mol. The maximum atomic E-state index is 14.1. The van der Waals surface area contributed by atoms with Gasteiger partial charge in [0.1, 0.15) is 6.04 Å². The fourth-order valence-corrected chi connectivity index (χ4v) is 1.87. The van der Waals surface area contributed by atoms with Crippen molar-refractivity contribution in [1.82, 2.24) is 5.32 Å². The molecule has 0 aliphatic carbocycles. The Morgan fingerprint density at radius 2 is 2.00 bits per heavy atom. The molecule has 1 rings (SSSR count). The number of methoxy groups -OCH3 is 1. The van der Waals surface area contributed by atoms with Crippen LogP contribution < -0.4 is 5.32 Å². The molecule has 1 amide bonds. The highest BCUT2D eigenvalue weighted by atomic mass is 19.1. The molecule has 3 atom stereocenters. The molecule has 0 heterocycles. The van der Waals surface area contributed by atoms with Crippen molar-refractivity contribution in [3.05, 3.63) is 35.4 Å². The van der Waals surface area contributed by atoms with Gasteiger partial charge in [-0.15, -0.1) is 0 Å². The summed E-state index contributed by atoms with van der Waals surface area (Å²) in [5.41, 5.74) is -0.890. The second-order valence-corrected chi connectivity index (χ2v) is 5.56. The van der Waals surface area contributed by atoms with E-state index in [0.717, 1.165) is 25.0 Å². The Balaban J connectivity index is 2.98. The van der Waals surface area contributed by atoms with Crippen LogP contribution in [0.25, 0.3) is 0 Å². The molecule has 3 unspecified atom stereocenters. The lowest BCUT2D eigenvalue weighted by Crippen LogP contribution is -2.49. The van der Waals surface area contributed by atoms with Crippen molar-refractivity contribution in [2.45, 2.75) is 38.9 Å². The van der Waals surface area contributed by atoms with Crippen molar-refractivity contribution in [3.63, 3.8) is 0 Å². The lowest BCUT2D eigenvalue weighted by Gasteiger charge is -2.24. The number of alkyl halides is 1. The average Bonchev–Trinajstić information content (AvgIpc) is 2.54. The minimum Gasteiger partial charge on any atom is -0.467 e. The number of hydrogen-bond acceptors (Lipinski definition) is 4. The zero-order valence-electron chi connectivity index (χ0n) is 14.7. The number of carbonyl (C=O) groups excluding carboxylic acids is 3. The molecule has 126 valence electrons. The Morgan fingerprint density at radius 3 is 2.48 bits per heavy atom. The molecule has 0 aliphatic heterocycles. The van der Waals surface area contributed by atoms with Crippen LogP contribution in [0.2, 0.25) is 0 Å². The zero-order chi connectivity index (χ0) is 18.5. The van der Waals surface area contributed by atoms with E-state index in [2.05, 4.69) is 10.1 Å². The molecule has 0 saturated heterocycles. The van der Waals surface area contributed by atoms with Crippen LogP contribution in [0.15, 0.2) is 24.3 Å². The van der Waals surface area contributed by atoms with Crippen molar-refractivity contribution in [2.75, 3.05) is 7.11 Å². The number of esters is 1. The maximum absolute atomic E-state index is 14.1. The molecule has 0 bridgehead atoms. The second kappa shape index (κ2) is 7.85. The summed E-state index contributed by atoms with van der Waals surface area (Å²) >= 11 is 0. The minimum absolute atomic E-state index is 0.0906. The summed E-state index contributed by atoms with van der Waals surface area (Å²) in [6.45, 7) is 3.74. The standard InChI is InChI=1S/C17H22FNO4/c1-11-5-7-13(8-6-11)9-14(16(22)23-4)19-15(21)12(2)17(3,18)10-20/h5-8,10,12,14H,9H2,1-4H3,(H,19,21)/i12D. The number of rotatable bonds is 7. The molecule has 23 heavy (non-hydrogen) atoms. The van der Waals surface area contributed by atoms with E-state index in [0.29, 0.717) is 0 Å². The minimum atomic E-state index is -2.69. The van der Waals surface area contributed by atoms with Gasteiger partial charge in [-0.1, -0.05) is 36.8 Å². The Morgan fingerprint density at radius 1 is 1.43 bits per heavy atom. The van der Waals surface area contributed by atoms with Gasteiger partial charge in [-0.2, -0.15) is 0 Å². The Hall–Kier alpha value is -2.24. The first-order valence-electron chi connectivity index (χ1n) is 7.64. The van der Waals surface area contributed by atoms with Crippen LogP contribution in [0.5, 0.6) is 0 Å². The Bertz CT molecular complexity index is 614. The summed E-state index contributed by atoms with van der Waals surface area (Å²) < 4.78 is 26.6. The number of nitrogens with one attached hydrogen (secondary N) is 1. The molecule has 6 heteroatoms. The fourth-order valence-electron chi connectivity index (χ4n) is 1.87. The highest BCUT2D eigenvalue weighted by Gasteiger charge is 2.37. The molecule has 0 aromatic heterocycles. The topological polar surface area (TPSA) is 72.5 Å². The van der Waals surface area contributed by atoms with Gasteiger partial charge in [0.05, 0.1) is 13.0 Å². The molecular formula is C17H22FNO4. The number of hydrogen-bond donors (Lipinski definition) is 1. The van der Waals surface area contributed by atoms with Crippen LogP contribution in [0.3, 0.4) is 0 Å². The van der Waals surface area contributed by atoms with E-state index in [9.17, 15) is 18.8 Å². The summed E-state index contributed by atoms with van der Waals surface area (Å²) in [4.78, 5) is 35.0. The summed E-state index contributed by atoms with van der Waals surface area (Å²) in [5, 5.41) is 2.31. The van der Waals surface area contributed by atoms with Gasteiger partial charge < -0.3 is 10.1 Å². The maximum Gasteiger partial charge on any atom is 0.328 e. The van der Waals surface area contributed by atoms with E-state index in [1.165, 1.54) is 7.11 Å². The Labute approximate surface area is 136 Å². The third-order valence-electron chi connectivity index (χ3n) is 3.65. The molecule has 0 saturated carbocycles. The van der Waals surface area contributed by atoms with Gasteiger partial charge in [-0.25, -0.2) is 9.18 Å². The van der Waals surface area contributed by atoms with E-state index < -0.39 is 29.5 Å². The molecule has 0 radical (unpaired) electrons. The van der Waals surface area contributed by atoms with Crippen LogP contribution in [-0.4, -0.2) is 37.0 Å². The van der Waals surface area contributed by atoms with Crippen molar-refractivity contribution in [1.29, 1.82) is 0 Å². The molecule has 5 nitrogen and oxygen atoms in total. The summed E-state index contributed by atoms with van der Waals surface area (Å²) in [7, 11) is 1.17. The summed E-state index contributed by atoms with van der Waals surface area (Å²) in [6.07, 6.45) is 0.0333. The predicted octanol–water partition coefficient (Wildman–Crippen LogP) is 1.76. The highest BCUT2D eigenvalue weighted by molar-refractivity contribution is 5.88. The van der Waals surface area contributed by atoms with E-state index in [1.807, 2.05) is 19.1 Å². The number of amides is 1. The number of aldehydes is 1. The Kier molecular flexibility index (Phi) is 5.84. The number of ether oxygens (including phenoxy) is 1.